The lowest BCUT2D eigenvalue weighted by atomic mass is 10.1. The summed E-state index contributed by atoms with van der Waals surface area (Å²) >= 11 is 9.94. The summed E-state index contributed by atoms with van der Waals surface area (Å²) in [6.07, 6.45) is 1.45. The van der Waals surface area contributed by atoms with E-state index in [-0.39, 0.29) is 18.2 Å². The highest BCUT2D eigenvalue weighted by molar-refractivity contribution is 9.11. The molecule has 0 aliphatic heterocycles. The van der Waals surface area contributed by atoms with Crippen LogP contribution >= 0.6 is 47.8 Å². The normalized spacial score (nSPS) is 11.1. The summed E-state index contributed by atoms with van der Waals surface area (Å²) < 4.78 is 1.73. The zero-order chi connectivity index (χ0) is 19.4. The number of carbonyl (C=O) groups is 1. The van der Waals surface area contributed by atoms with Gasteiger partial charge >= 0.3 is 0 Å². The van der Waals surface area contributed by atoms with E-state index in [1.54, 1.807) is 6.07 Å². The average Bonchev–Trinajstić information content (AvgIpc) is 2.67. The van der Waals surface area contributed by atoms with E-state index in [0.717, 1.165) is 16.5 Å². The number of nitrogens with zero attached hydrogens (tertiary/aromatic N) is 1. The van der Waals surface area contributed by atoms with Gasteiger partial charge in [0.1, 0.15) is 5.75 Å². The minimum atomic E-state index is -0.284. The van der Waals surface area contributed by atoms with Crippen molar-refractivity contribution in [2.24, 2.45) is 5.10 Å². The quantitative estimate of drug-likeness (QED) is 0.292. The number of nitrogens with one attached hydrogen (secondary N) is 2. The standard InChI is InChI=1S/C19H14Br3N3O2/c20-15-8-16(21)19(27)18(22)14(15)9-24-25-17(26)10-23-13-6-5-11-3-1-2-4-12(11)7-13/h1-9,23,27H,10H2,(H,25,26)/b24-9+. The Balaban J connectivity index is 1.59. The maximum Gasteiger partial charge on any atom is 0.259 e. The zero-order valence-electron chi connectivity index (χ0n) is 13.8. The summed E-state index contributed by atoms with van der Waals surface area (Å²) in [5, 5.41) is 19.2. The first-order valence-electron chi connectivity index (χ1n) is 7.86. The van der Waals surface area contributed by atoms with E-state index in [4.69, 9.17) is 0 Å². The molecule has 138 valence electrons. The van der Waals surface area contributed by atoms with Crippen molar-refractivity contribution >= 4 is 76.4 Å². The lowest BCUT2D eigenvalue weighted by molar-refractivity contribution is -0.119. The fraction of sp³-hybridized carbons (Fsp3) is 0.0526. The number of anilines is 1. The number of aromatic hydroxyl groups is 1. The van der Waals surface area contributed by atoms with Crippen molar-refractivity contribution in [2.75, 3.05) is 11.9 Å². The third-order valence-electron chi connectivity index (χ3n) is 3.77. The highest BCUT2D eigenvalue weighted by atomic mass is 79.9. The molecule has 3 rings (SSSR count). The molecule has 5 nitrogen and oxygen atoms in total. The molecule has 0 aliphatic carbocycles. The minimum Gasteiger partial charge on any atom is -0.506 e. The molecule has 1 amide bonds. The Morgan fingerprint density at radius 1 is 1.04 bits per heavy atom. The highest BCUT2D eigenvalue weighted by Gasteiger charge is 2.12. The molecule has 8 heteroatoms. The number of amides is 1. The summed E-state index contributed by atoms with van der Waals surface area (Å²) in [5.74, 6) is -0.225. The van der Waals surface area contributed by atoms with E-state index in [1.165, 1.54) is 6.21 Å². The molecule has 0 atom stereocenters. The number of phenols is 1. The van der Waals surface area contributed by atoms with Crippen molar-refractivity contribution < 1.29 is 9.90 Å². The number of hydrogen-bond acceptors (Lipinski definition) is 4. The smallest absolute Gasteiger partial charge is 0.259 e. The Bertz CT molecular complexity index is 1040. The molecule has 3 N–H and O–H groups in total. The van der Waals surface area contributed by atoms with E-state index in [2.05, 4.69) is 63.6 Å². The second-order valence-electron chi connectivity index (χ2n) is 5.63. The highest BCUT2D eigenvalue weighted by Crippen LogP contribution is 2.38. The van der Waals surface area contributed by atoms with Crippen LogP contribution in [-0.4, -0.2) is 23.8 Å². The molecule has 27 heavy (non-hydrogen) atoms. The van der Waals surface area contributed by atoms with E-state index in [9.17, 15) is 9.90 Å². The molecule has 3 aromatic rings. The number of rotatable bonds is 5. The van der Waals surface area contributed by atoms with Gasteiger partial charge in [0.25, 0.3) is 5.91 Å². The predicted molar refractivity (Wildman–Crippen MR) is 119 cm³/mol. The first kappa shape index (κ1) is 19.9. The lowest BCUT2D eigenvalue weighted by Gasteiger charge is -2.08. The minimum absolute atomic E-state index is 0.0592. The van der Waals surface area contributed by atoms with Crippen molar-refractivity contribution in [2.45, 2.75) is 0 Å². The fourth-order valence-corrected chi connectivity index (χ4v) is 4.73. The van der Waals surface area contributed by atoms with Crippen LogP contribution in [-0.2, 0) is 4.79 Å². The molecule has 0 radical (unpaired) electrons. The maximum atomic E-state index is 12.0. The largest absolute Gasteiger partial charge is 0.506 e. The van der Waals surface area contributed by atoms with Crippen molar-refractivity contribution in [3.63, 3.8) is 0 Å². The average molecular weight is 556 g/mol. The molecule has 3 aromatic carbocycles. The number of hydrogen-bond donors (Lipinski definition) is 3. The molecular weight excluding hydrogens is 542 g/mol. The van der Waals surface area contributed by atoms with Gasteiger partial charge in [0.2, 0.25) is 0 Å². The summed E-state index contributed by atoms with van der Waals surface area (Å²) in [6, 6.07) is 15.6. The zero-order valence-corrected chi connectivity index (χ0v) is 18.6. The Morgan fingerprint density at radius 3 is 2.56 bits per heavy atom. The van der Waals surface area contributed by atoms with Crippen LogP contribution in [0.2, 0.25) is 0 Å². The van der Waals surface area contributed by atoms with Crippen molar-refractivity contribution in [3.8, 4) is 5.75 Å². The van der Waals surface area contributed by atoms with Gasteiger partial charge in [-0.25, -0.2) is 5.43 Å². The van der Waals surface area contributed by atoms with Crippen LogP contribution in [0.3, 0.4) is 0 Å². The Morgan fingerprint density at radius 2 is 1.78 bits per heavy atom. The SMILES string of the molecule is O=C(CNc1ccc2ccccc2c1)N/N=C/c1c(Br)cc(Br)c(O)c1Br. The molecule has 0 saturated heterocycles. The second-order valence-corrected chi connectivity index (χ2v) is 8.13. The topological polar surface area (TPSA) is 73.7 Å². The lowest BCUT2D eigenvalue weighted by Crippen LogP contribution is -2.25. The number of fused-ring (bicyclic) bond motifs is 1. The van der Waals surface area contributed by atoms with Crippen LogP contribution in [0.25, 0.3) is 10.8 Å². The van der Waals surface area contributed by atoms with Crippen LogP contribution in [0.15, 0.2) is 67.1 Å². The number of halogens is 3. The van der Waals surface area contributed by atoms with Crippen molar-refractivity contribution in [1.29, 1.82) is 0 Å². The van der Waals surface area contributed by atoms with Gasteiger partial charge in [-0.2, -0.15) is 5.10 Å². The van der Waals surface area contributed by atoms with Gasteiger partial charge in [-0.15, -0.1) is 0 Å². The maximum absolute atomic E-state index is 12.0. The van der Waals surface area contributed by atoms with Crippen LogP contribution in [0.1, 0.15) is 5.56 Å². The first-order chi connectivity index (χ1) is 13.0. The molecule has 0 aromatic heterocycles. The van der Waals surface area contributed by atoms with Crippen molar-refractivity contribution in [1.82, 2.24) is 5.43 Å². The Hall–Kier alpha value is -1.90. The van der Waals surface area contributed by atoms with Crippen LogP contribution in [0.4, 0.5) is 5.69 Å². The van der Waals surface area contributed by atoms with E-state index in [0.29, 0.717) is 19.0 Å². The van der Waals surface area contributed by atoms with Gasteiger partial charge in [-0.1, -0.05) is 46.3 Å². The van der Waals surface area contributed by atoms with E-state index in [1.807, 2.05) is 42.5 Å². The number of benzene rings is 3. The third-order valence-corrected chi connectivity index (χ3v) is 5.83. The fourth-order valence-electron chi connectivity index (χ4n) is 2.40. The van der Waals surface area contributed by atoms with Gasteiger partial charge in [0.05, 0.1) is 21.7 Å². The van der Waals surface area contributed by atoms with Crippen LogP contribution in [0.5, 0.6) is 5.75 Å². The molecule has 0 unspecified atom stereocenters. The molecule has 0 aliphatic rings. The molecule has 0 saturated carbocycles. The summed E-state index contributed by atoms with van der Waals surface area (Å²) in [6.45, 7) is 0.0869. The Labute approximate surface area is 181 Å². The van der Waals surface area contributed by atoms with Crippen LogP contribution < -0.4 is 10.7 Å². The molecule has 0 spiro atoms. The van der Waals surface area contributed by atoms with Gasteiger partial charge in [0, 0.05) is 15.7 Å². The van der Waals surface area contributed by atoms with Crippen LogP contribution in [0, 0.1) is 0 Å². The van der Waals surface area contributed by atoms with Gasteiger partial charge in [-0.05, 0) is 60.8 Å². The number of phenolic OH excluding ortho intramolecular Hbond substituents is 1. The summed E-state index contributed by atoms with van der Waals surface area (Å²) in [5.41, 5.74) is 3.93. The summed E-state index contributed by atoms with van der Waals surface area (Å²) in [7, 11) is 0. The van der Waals surface area contributed by atoms with E-state index < -0.39 is 0 Å². The number of carbonyl (C=O) groups excluding carboxylic acids is 1. The predicted octanol–water partition coefficient (Wildman–Crippen LogP) is 5.40. The molecular formula is C19H14Br3N3O2. The molecule has 0 bridgehead atoms. The Kier molecular flexibility index (Phi) is 6.51. The van der Waals surface area contributed by atoms with Gasteiger partial charge < -0.3 is 10.4 Å². The molecule has 0 fully saturated rings. The van der Waals surface area contributed by atoms with Crippen molar-refractivity contribution in [3.05, 3.63) is 67.5 Å². The first-order valence-corrected chi connectivity index (χ1v) is 10.2. The summed E-state index contributed by atoms with van der Waals surface area (Å²) in [4.78, 5) is 12.0. The third kappa shape index (κ3) is 4.88. The van der Waals surface area contributed by atoms with Gasteiger partial charge in [0.15, 0.2) is 0 Å². The monoisotopic (exact) mass is 553 g/mol. The molecule has 0 heterocycles. The second kappa shape index (κ2) is 8.86. The number of hydrazone groups is 1. The van der Waals surface area contributed by atoms with E-state index >= 15 is 0 Å². The van der Waals surface area contributed by atoms with Gasteiger partial charge in [-0.3, -0.25) is 4.79 Å².